The first-order valence-corrected chi connectivity index (χ1v) is 8.53. The maximum atomic E-state index is 12.4. The van der Waals surface area contributed by atoms with Gasteiger partial charge < -0.3 is 15.0 Å². The fourth-order valence-corrected chi connectivity index (χ4v) is 3.32. The second-order valence-electron chi connectivity index (χ2n) is 6.12. The lowest BCUT2D eigenvalue weighted by atomic mass is 10.0. The molecule has 0 bridgehead atoms. The van der Waals surface area contributed by atoms with Crippen LogP contribution >= 0.6 is 0 Å². The number of hydrogen-bond acceptors (Lipinski definition) is 4. The zero-order valence-corrected chi connectivity index (χ0v) is 14.3. The quantitative estimate of drug-likeness (QED) is 0.842. The first-order valence-electron chi connectivity index (χ1n) is 8.53. The van der Waals surface area contributed by atoms with Crippen LogP contribution in [0, 0.1) is 0 Å². The summed E-state index contributed by atoms with van der Waals surface area (Å²) in [6, 6.07) is 11.1. The average Bonchev–Trinajstić information content (AvgIpc) is 3.17. The smallest absolute Gasteiger partial charge is 0.260 e. The van der Waals surface area contributed by atoms with Crippen molar-refractivity contribution in [3.8, 4) is 5.75 Å². The molecule has 1 unspecified atom stereocenters. The zero-order valence-electron chi connectivity index (χ0n) is 14.3. The number of pyridine rings is 1. The van der Waals surface area contributed by atoms with Crippen LogP contribution in [0.1, 0.15) is 34.8 Å². The van der Waals surface area contributed by atoms with Gasteiger partial charge in [0.1, 0.15) is 11.3 Å². The molecule has 1 atom stereocenters. The topological polar surface area (TPSA) is 74.4 Å². The van der Waals surface area contributed by atoms with E-state index in [4.69, 9.17) is 4.74 Å². The zero-order chi connectivity index (χ0) is 17.6. The molecule has 1 aliphatic rings. The number of benzene rings is 1. The van der Waals surface area contributed by atoms with Gasteiger partial charge in [-0.3, -0.25) is 14.5 Å². The summed E-state index contributed by atoms with van der Waals surface area (Å²) in [5.74, 6) is 0.451. The number of carbonyl (C=O) groups is 1. The van der Waals surface area contributed by atoms with E-state index in [2.05, 4.69) is 15.2 Å². The summed E-state index contributed by atoms with van der Waals surface area (Å²) in [6.07, 6.45) is 3.82. The first-order chi connectivity index (χ1) is 12.2. The predicted molar refractivity (Wildman–Crippen MR) is 95.9 cm³/mol. The molecule has 2 aromatic rings. The lowest BCUT2D eigenvalue weighted by Crippen LogP contribution is -2.38. The molecule has 0 spiro atoms. The van der Waals surface area contributed by atoms with E-state index in [1.54, 1.807) is 13.2 Å². The largest absolute Gasteiger partial charge is 0.496 e. The third-order valence-electron chi connectivity index (χ3n) is 4.60. The molecule has 1 fully saturated rings. The van der Waals surface area contributed by atoms with Crippen molar-refractivity contribution in [2.24, 2.45) is 0 Å². The molecule has 0 radical (unpaired) electrons. The van der Waals surface area contributed by atoms with E-state index in [1.165, 1.54) is 12.3 Å². The number of aromatic nitrogens is 1. The standard InChI is InChI=1S/C19H23N3O3/c1-25-17-9-3-2-7-14(17)16(22-11-4-5-12-22)13-21-19(24)15-8-6-10-20-18(15)23/h2-3,6-10,16H,4-5,11-13H2,1H3,(H,20,23)(H,21,24). The average molecular weight is 341 g/mol. The van der Waals surface area contributed by atoms with Gasteiger partial charge in [0.2, 0.25) is 0 Å². The summed E-state index contributed by atoms with van der Waals surface area (Å²) in [6.45, 7) is 2.41. The van der Waals surface area contributed by atoms with E-state index in [9.17, 15) is 9.59 Å². The van der Waals surface area contributed by atoms with Gasteiger partial charge in [-0.15, -0.1) is 0 Å². The molecule has 6 heteroatoms. The Balaban J connectivity index is 1.80. The maximum absolute atomic E-state index is 12.4. The lowest BCUT2D eigenvalue weighted by molar-refractivity contribution is 0.0936. The predicted octanol–water partition coefficient (Wildman–Crippen LogP) is 1.95. The number of para-hydroxylation sites is 1. The number of ether oxygens (including phenoxy) is 1. The maximum Gasteiger partial charge on any atom is 0.260 e. The Morgan fingerprint density at radius 1 is 1.24 bits per heavy atom. The summed E-state index contributed by atoms with van der Waals surface area (Å²) in [5.41, 5.74) is 0.798. The molecule has 1 aromatic heterocycles. The minimum Gasteiger partial charge on any atom is -0.496 e. The van der Waals surface area contributed by atoms with Crippen molar-refractivity contribution in [3.05, 3.63) is 64.1 Å². The van der Waals surface area contributed by atoms with E-state index in [-0.39, 0.29) is 23.1 Å². The Bertz CT molecular complexity index is 781. The SMILES string of the molecule is COc1ccccc1C(CNC(=O)c1ccc[nH]c1=O)N1CCCC1. The monoisotopic (exact) mass is 341 g/mol. The summed E-state index contributed by atoms with van der Waals surface area (Å²) in [7, 11) is 1.65. The number of hydrogen-bond donors (Lipinski definition) is 2. The van der Waals surface area contributed by atoms with Gasteiger partial charge in [0.05, 0.1) is 13.2 Å². The van der Waals surface area contributed by atoms with Crippen LogP contribution in [0.15, 0.2) is 47.4 Å². The number of H-pyrrole nitrogens is 1. The van der Waals surface area contributed by atoms with Crippen LogP contribution in [-0.2, 0) is 0 Å². The second-order valence-corrected chi connectivity index (χ2v) is 6.12. The molecule has 132 valence electrons. The number of rotatable bonds is 6. The van der Waals surface area contributed by atoms with Crippen molar-refractivity contribution in [3.63, 3.8) is 0 Å². The van der Waals surface area contributed by atoms with Crippen molar-refractivity contribution in [2.45, 2.75) is 18.9 Å². The molecule has 2 heterocycles. The Morgan fingerprint density at radius 2 is 2.00 bits per heavy atom. The van der Waals surface area contributed by atoms with Crippen LogP contribution in [0.4, 0.5) is 0 Å². The molecule has 1 amide bonds. The van der Waals surface area contributed by atoms with E-state index < -0.39 is 0 Å². The van der Waals surface area contributed by atoms with Crippen LogP contribution in [0.2, 0.25) is 0 Å². The van der Waals surface area contributed by atoms with Crippen LogP contribution < -0.4 is 15.6 Å². The number of nitrogens with zero attached hydrogens (tertiary/aromatic N) is 1. The number of aromatic amines is 1. The van der Waals surface area contributed by atoms with Crippen molar-refractivity contribution >= 4 is 5.91 Å². The van der Waals surface area contributed by atoms with Gasteiger partial charge in [0.25, 0.3) is 11.5 Å². The fraction of sp³-hybridized carbons (Fsp3) is 0.368. The normalized spacial score (nSPS) is 15.7. The van der Waals surface area contributed by atoms with Crippen LogP contribution in [-0.4, -0.2) is 42.5 Å². The summed E-state index contributed by atoms with van der Waals surface area (Å²) < 4.78 is 5.50. The molecule has 1 saturated heterocycles. The molecule has 1 aromatic carbocycles. The molecule has 0 aliphatic carbocycles. The van der Waals surface area contributed by atoms with Gasteiger partial charge in [-0.25, -0.2) is 0 Å². The van der Waals surface area contributed by atoms with E-state index >= 15 is 0 Å². The van der Waals surface area contributed by atoms with E-state index in [0.29, 0.717) is 6.54 Å². The highest BCUT2D eigenvalue weighted by atomic mass is 16.5. The molecular formula is C19H23N3O3. The minimum atomic E-state index is -0.380. The van der Waals surface area contributed by atoms with Crippen molar-refractivity contribution in [1.82, 2.24) is 15.2 Å². The Labute approximate surface area is 146 Å². The van der Waals surface area contributed by atoms with Crippen LogP contribution in [0.25, 0.3) is 0 Å². The Morgan fingerprint density at radius 3 is 2.72 bits per heavy atom. The second kappa shape index (κ2) is 7.98. The highest BCUT2D eigenvalue weighted by Crippen LogP contribution is 2.31. The van der Waals surface area contributed by atoms with E-state index in [0.717, 1.165) is 37.2 Å². The molecular weight excluding hydrogens is 318 g/mol. The highest BCUT2D eigenvalue weighted by molar-refractivity contribution is 5.93. The van der Waals surface area contributed by atoms with Gasteiger partial charge >= 0.3 is 0 Å². The van der Waals surface area contributed by atoms with Gasteiger partial charge in [-0.2, -0.15) is 0 Å². The Kier molecular flexibility index (Phi) is 5.50. The van der Waals surface area contributed by atoms with Gasteiger partial charge in [-0.05, 0) is 44.1 Å². The third kappa shape index (κ3) is 3.91. The first kappa shape index (κ1) is 17.2. The fourth-order valence-electron chi connectivity index (χ4n) is 3.32. The van der Waals surface area contributed by atoms with Gasteiger partial charge in [-0.1, -0.05) is 18.2 Å². The van der Waals surface area contributed by atoms with E-state index in [1.807, 2.05) is 24.3 Å². The molecule has 3 rings (SSSR count). The van der Waals surface area contributed by atoms with Crippen LogP contribution in [0.3, 0.4) is 0 Å². The van der Waals surface area contributed by atoms with Gasteiger partial charge in [0, 0.05) is 18.3 Å². The highest BCUT2D eigenvalue weighted by Gasteiger charge is 2.26. The van der Waals surface area contributed by atoms with Crippen molar-refractivity contribution in [1.29, 1.82) is 0 Å². The molecule has 0 saturated carbocycles. The van der Waals surface area contributed by atoms with Crippen LogP contribution in [0.5, 0.6) is 5.75 Å². The number of methoxy groups -OCH3 is 1. The summed E-state index contributed by atoms with van der Waals surface area (Å²) >= 11 is 0. The third-order valence-corrected chi connectivity index (χ3v) is 4.60. The van der Waals surface area contributed by atoms with Gasteiger partial charge in [0.15, 0.2) is 0 Å². The van der Waals surface area contributed by atoms with Crippen molar-refractivity contribution in [2.75, 3.05) is 26.7 Å². The lowest BCUT2D eigenvalue weighted by Gasteiger charge is -2.29. The number of nitrogens with one attached hydrogen (secondary N) is 2. The summed E-state index contributed by atoms with van der Waals surface area (Å²) in [5, 5.41) is 2.91. The molecule has 2 N–H and O–H groups in total. The number of carbonyl (C=O) groups excluding carboxylic acids is 1. The Hall–Kier alpha value is -2.60. The molecule has 6 nitrogen and oxygen atoms in total. The minimum absolute atomic E-state index is 0.0189. The number of likely N-dealkylation sites (tertiary alicyclic amines) is 1. The summed E-state index contributed by atoms with van der Waals surface area (Å²) in [4.78, 5) is 29.1. The molecule has 25 heavy (non-hydrogen) atoms. The van der Waals surface area contributed by atoms with Crippen molar-refractivity contribution < 1.29 is 9.53 Å². The number of amides is 1. The molecule has 1 aliphatic heterocycles.